The van der Waals surface area contributed by atoms with E-state index >= 15 is 0 Å². The van der Waals surface area contributed by atoms with Crippen LogP contribution in [0.3, 0.4) is 0 Å². The summed E-state index contributed by atoms with van der Waals surface area (Å²) in [6, 6.07) is 15.8. The number of amides is 3. The van der Waals surface area contributed by atoms with Gasteiger partial charge < -0.3 is 19.9 Å². The number of piperazine rings is 1. The molecule has 2 fully saturated rings. The number of methoxy groups -OCH3 is 1. The van der Waals surface area contributed by atoms with Crippen LogP contribution in [0.15, 0.2) is 48.5 Å². The molecule has 0 atom stereocenters. The first kappa shape index (κ1) is 20.3. The van der Waals surface area contributed by atoms with Gasteiger partial charge in [-0.2, -0.15) is 0 Å². The molecule has 6 heteroatoms. The largest absolute Gasteiger partial charge is 0.496 e. The quantitative estimate of drug-likeness (QED) is 0.839. The summed E-state index contributed by atoms with van der Waals surface area (Å²) in [5.41, 5.74) is 2.57. The van der Waals surface area contributed by atoms with Crippen molar-refractivity contribution in [2.75, 3.05) is 33.3 Å². The van der Waals surface area contributed by atoms with E-state index in [2.05, 4.69) is 5.32 Å². The van der Waals surface area contributed by atoms with Gasteiger partial charge in [-0.15, -0.1) is 0 Å². The molecule has 2 aromatic rings. The van der Waals surface area contributed by atoms with Gasteiger partial charge in [-0.05, 0) is 36.6 Å². The molecule has 0 radical (unpaired) electrons. The Morgan fingerprint density at radius 2 is 1.63 bits per heavy atom. The van der Waals surface area contributed by atoms with E-state index in [4.69, 9.17) is 4.74 Å². The van der Waals surface area contributed by atoms with Crippen molar-refractivity contribution in [1.29, 1.82) is 0 Å². The number of hydrogen-bond donors (Lipinski definition) is 1. The van der Waals surface area contributed by atoms with Crippen molar-refractivity contribution < 1.29 is 14.3 Å². The van der Waals surface area contributed by atoms with E-state index in [0.717, 1.165) is 29.7 Å². The first-order valence-electron chi connectivity index (χ1n) is 10.7. The SMILES string of the molecule is COc1ccccc1-c1cccc(C(=O)N2CCN(C(=O)NC3CCCC3)CC2)c1. The molecule has 30 heavy (non-hydrogen) atoms. The van der Waals surface area contributed by atoms with Gasteiger partial charge in [0.05, 0.1) is 7.11 Å². The fourth-order valence-corrected chi connectivity index (χ4v) is 4.33. The molecule has 1 heterocycles. The third-order valence-corrected chi connectivity index (χ3v) is 6.06. The van der Waals surface area contributed by atoms with Gasteiger partial charge in [-0.1, -0.05) is 43.2 Å². The van der Waals surface area contributed by atoms with E-state index in [1.54, 1.807) is 7.11 Å². The summed E-state index contributed by atoms with van der Waals surface area (Å²) in [5, 5.41) is 3.13. The molecule has 0 spiro atoms. The molecule has 1 saturated heterocycles. The number of carbonyl (C=O) groups is 2. The highest BCUT2D eigenvalue weighted by Gasteiger charge is 2.27. The van der Waals surface area contributed by atoms with E-state index in [1.165, 1.54) is 12.8 Å². The molecule has 2 aliphatic rings. The highest BCUT2D eigenvalue weighted by atomic mass is 16.5. The van der Waals surface area contributed by atoms with E-state index in [0.29, 0.717) is 37.8 Å². The summed E-state index contributed by atoms with van der Waals surface area (Å²) >= 11 is 0. The Kier molecular flexibility index (Phi) is 6.21. The summed E-state index contributed by atoms with van der Waals surface area (Å²) in [6.07, 6.45) is 4.54. The maximum atomic E-state index is 13.1. The third-order valence-electron chi connectivity index (χ3n) is 6.06. The van der Waals surface area contributed by atoms with Crippen LogP contribution in [-0.2, 0) is 0 Å². The lowest BCUT2D eigenvalue weighted by Gasteiger charge is -2.35. The molecule has 1 saturated carbocycles. The van der Waals surface area contributed by atoms with E-state index < -0.39 is 0 Å². The minimum absolute atomic E-state index is 0.00241. The maximum absolute atomic E-state index is 13.1. The standard InChI is InChI=1S/C24H29N3O3/c1-30-22-12-5-4-11-21(22)18-7-6-8-19(17-18)23(28)26-13-15-27(16-14-26)24(29)25-20-9-2-3-10-20/h4-8,11-12,17,20H,2-3,9-10,13-16H2,1H3,(H,25,29). The molecule has 1 aliphatic heterocycles. The Hall–Kier alpha value is -3.02. The van der Waals surface area contributed by atoms with Crippen molar-refractivity contribution in [3.05, 3.63) is 54.1 Å². The van der Waals surface area contributed by atoms with Crippen molar-refractivity contribution in [3.63, 3.8) is 0 Å². The molecule has 6 nitrogen and oxygen atoms in total. The second kappa shape index (κ2) is 9.20. The zero-order valence-corrected chi connectivity index (χ0v) is 17.5. The van der Waals surface area contributed by atoms with Crippen molar-refractivity contribution in [1.82, 2.24) is 15.1 Å². The monoisotopic (exact) mass is 407 g/mol. The Labute approximate surface area is 177 Å². The summed E-state index contributed by atoms with van der Waals surface area (Å²) in [7, 11) is 1.65. The molecule has 4 rings (SSSR count). The molecule has 158 valence electrons. The first-order chi connectivity index (χ1) is 14.7. The number of benzene rings is 2. The van der Waals surface area contributed by atoms with Crippen LogP contribution in [0.25, 0.3) is 11.1 Å². The predicted octanol–water partition coefficient (Wildman–Crippen LogP) is 3.77. The minimum atomic E-state index is 0.00241. The van der Waals surface area contributed by atoms with Crippen LogP contribution in [0, 0.1) is 0 Å². The smallest absolute Gasteiger partial charge is 0.317 e. The van der Waals surface area contributed by atoms with Crippen LogP contribution in [0.2, 0.25) is 0 Å². The van der Waals surface area contributed by atoms with Gasteiger partial charge in [0, 0.05) is 43.3 Å². The molecule has 3 amide bonds. The van der Waals surface area contributed by atoms with Crippen molar-refractivity contribution in [2.45, 2.75) is 31.7 Å². The average Bonchev–Trinajstić information content (AvgIpc) is 3.31. The highest BCUT2D eigenvalue weighted by molar-refractivity contribution is 5.96. The van der Waals surface area contributed by atoms with Gasteiger partial charge in [0.25, 0.3) is 5.91 Å². The van der Waals surface area contributed by atoms with Crippen molar-refractivity contribution in [2.24, 2.45) is 0 Å². The Balaban J connectivity index is 1.39. The van der Waals surface area contributed by atoms with Gasteiger partial charge >= 0.3 is 6.03 Å². The number of urea groups is 1. The summed E-state index contributed by atoms with van der Waals surface area (Å²) < 4.78 is 5.46. The lowest BCUT2D eigenvalue weighted by Crippen LogP contribution is -2.54. The number of nitrogens with zero attached hydrogens (tertiary/aromatic N) is 2. The zero-order chi connectivity index (χ0) is 20.9. The number of rotatable bonds is 4. The van der Waals surface area contributed by atoms with E-state index in [1.807, 2.05) is 58.3 Å². The Morgan fingerprint density at radius 3 is 2.37 bits per heavy atom. The molecular formula is C24H29N3O3. The van der Waals surface area contributed by atoms with Gasteiger partial charge in [-0.3, -0.25) is 4.79 Å². The van der Waals surface area contributed by atoms with Crippen LogP contribution in [-0.4, -0.2) is 61.1 Å². The van der Waals surface area contributed by atoms with Crippen LogP contribution < -0.4 is 10.1 Å². The van der Waals surface area contributed by atoms with Crippen LogP contribution >= 0.6 is 0 Å². The number of hydrogen-bond acceptors (Lipinski definition) is 3. The number of carbonyl (C=O) groups excluding carboxylic acids is 2. The van der Waals surface area contributed by atoms with Crippen LogP contribution in [0.5, 0.6) is 5.75 Å². The first-order valence-corrected chi connectivity index (χ1v) is 10.7. The molecule has 1 N–H and O–H groups in total. The van der Waals surface area contributed by atoms with Gasteiger partial charge in [0.15, 0.2) is 0 Å². The molecule has 2 aromatic carbocycles. The van der Waals surface area contributed by atoms with Gasteiger partial charge in [-0.25, -0.2) is 4.79 Å². The summed E-state index contributed by atoms with van der Waals surface area (Å²) in [4.78, 5) is 29.2. The second-order valence-electron chi connectivity index (χ2n) is 7.99. The number of para-hydroxylation sites is 1. The molecule has 0 bridgehead atoms. The normalized spacial score (nSPS) is 17.1. The Bertz CT molecular complexity index is 900. The molecular weight excluding hydrogens is 378 g/mol. The number of ether oxygens (including phenoxy) is 1. The second-order valence-corrected chi connectivity index (χ2v) is 7.99. The lowest BCUT2D eigenvalue weighted by atomic mass is 10.0. The summed E-state index contributed by atoms with van der Waals surface area (Å²) in [5.74, 6) is 0.784. The highest BCUT2D eigenvalue weighted by Crippen LogP contribution is 2.30. The van der Waals surface area contributed by atoms with Crippen LogP contribution in [0.4, 0.5) is 4.79 Å². The molecule has 0 unspecified atom stereocenters. The molecule has 1 aliphatic carbocycles. The zero-order valence-electron chi connectivity index (χ0n) is 17.5. The van der Waals surface area contributed by atoms with E-state index in [-0.39, 0.29) is 11.9 Å². The summed E-state index contributed by atoms with van der Waals surface area (Å²) in [6.45, 7) is 2.23. The van der Waals surface area contributed by atoms with Gasteiger partial charge in [0.1, 0.15) is 5.75 Å². The lowest BCUT2D eigenvalue weighted by molar-refractivity contribution is 0.0663. The number of nitrogens with one attached hydrogen (secondary N) is 1. The minimum Gasteiger partial charge on any atom is -0.496 e. The van der Waals surface area contributed by atoms with E-state index in [9.17, 15) is 9.59 Å². The Morgan fingerprint density at radius 1 is 0.933 bits per heavy atom. The molecule has 0 aromatic heterocycles. The van der Waals surface area contributed by atoms with Crippen molar-refractivity contribution >= 4 is 11.9 Å². The van der Waals surface area contributed by atoms with Crippen LogP contribution in [0.1, 0.15) is 36.0 Å². The topological polar surface area (TPSA) is 61.9 Å². The average molecular weight is 408 g/mol. The predicted molar refractivity (Wildman–Crippen MR) is 117 cm³/mol. The fourth-order valence-electron chi connectivity index (χ4n) is 4.33. The fraction of sp³-hybridized carbons (Fsp3) is 0.417. The third kappa shape index (κ3) is 4.42. The van der Waals surface area contributed by atoms with Crippen molar-refractivity contribution in [3.8, 4) is 16.9 Å². The maximum Gasteiger partial charge on any atom is 0.317 e. The van der Waals surface area contributed by atoms with Gasteiger partial charge in [0.2, 0.25) is 0 Å².